The predicted molar refractivity (Wildman–Crippen MR) is 71.8 cm³/mol. The van der Waals surface area contributed by atoms with Gasteiger partial charge >= 0.3 is 0 Å². The zero-order valence-electron chi connectivity index (χ0n) is 11.6. The van der Waals surface area contributed by atoms with Gasteiger partial charge in [0.05, 0.1) is 0 Å². The number of rotatable bonds is 7. The highest BCUT2D eigenvalue weighted by Gasteiger charge is 2.20. The molecule has 0 saturated heterocycles. The summed E-state index contributed by atoms with van der Waals surface area (Å²) in [6.07, 6.45) is 5.73. The Morgan fingerprint density at radius 1 is 1.19 bits per heavy atom. The van der Waals surface area contributed by atoms with Gasteiger partial charge in [-0.25, -0.2) is 0 Å². The zero-order chi connectivity index (χ0) is 12.0. The summed E-state index contributed by atoms with van der Waals surface area (Å²) in [5.74, 6) is 0.738. The lowest BCUT2D eigenvalue weighted by Crippen LogP contribution is -2.41. The average Bonchev–Trinajstić information content (AvgIpc) is 2.77. The van der Waals surface area contributed by atoms with Crippen LogP contribution in [0.3, 0.4) is 0 Å². The van der Waals surface area contributed by atoms with Gasteiger partial charge in [0.25, 0.3) is 0 Å². The highest BCUT2D eigenvalue weighted by molar-refractivity contribution is 4.77. The molecule has 1 fully saturated rings. The van der Waals surface area contributed by atoms with Gasteiger partial charge in [-0.2, -0.15) is 0 Å². The van der Waals surface area contributed by atoms with E-state index in [1.807, 2.05) is 0 Å². The summed E-state index contributed by atoms with van der Waals surface area (Å²) in [6.45, 7) is 12.7. The molecule has 1 aliphatic rings. The maximum Gasteiger partial charge on any atom is 0.0110 e. The van der Waals surface area contributed by atoms with Crippen molar-refractivity contribution in [1.29, 1.82) is 0 Å². The Kier molecular flexibility index (Phi) is 6.37. The molecule has 1 saturated carbocycles. The molecule has 0 aliphatic heterocycles. The minimum absolute atomic E-state index is 0.641. The van der Waals surface area contributed by atoms with E-state index in [9.17, 15) is 0 Å². The van der Waals surface area contributed by atoms with Crippen LogP contribution in [0.5, 0.6) is 0 Å². The van der Waals surface area contributed by atoms with Crippen molar-refractivity contribution in [2.45, 2.75) is 65.5 Å². The third-order valence-electron chi connectivity index (χ3n) is 4.11. The number of hydrogen-bond donors (Lipinski definition) is 1. The Morgan fingerprint density at radius 2 is 1.81 bits per heavy atom. The minimum atomic E-state index is 0.641. The van der Waals surface area contributed by atoms with Crippen LogP contribution in [0.4, 0.5) is 0 Å². The van der Waals surface area contributed by atoms with Crippen molar-refractivity contribution in [2.24, 2.45) is 5.92 Å². The molecule has 0 aromatic heterocycles. The minimum Gasteiger partial charge on any atom is -0.313 e. The lowest BCUT2D eigenvalue weighted by molar-refractivity contribution is 0.205. The van der Waals surface area contributed by atoms with Gasteiger partial charge in [-0.05, 0) is 32.2 Å². The van der Waals surface area contributed by atoms with Gasteiger partial charge in [-0.15, -0.1) is 0 Å². The van der Waals surface area contributed by atoms with Crippen LogP contribution in [-0.4, -0.2) is 36.6 Å². The van der Waals surface area contributed by atoms with E-state index in [1.54, 1.807) is 0 Å². The first-order valence-corrected chi connectivity index (χ1v) is 7.12. The summed E-state index contributed by atoms with van der Waals surface area (Å²) in [5, 5.41) is 3.63. The van der Waals surface area contributed by atoms with Gasteiger partial charge in [-0.3, -0.25) is 4.90 Å². The van der Waals surface area contributed by atoms with Crippen LogP contribution < -0.4 is 5.32 Å². The first kappa shape index (κ1) is 14.0. The van der Waals surface area contributed by atoms with E-state index < -0.39 is 0 Å². The molecule has 0 spiro atoms. The third-order valence-corrected chi connectivity index (χ3v) is 4.11. The Morgan fingerprint density at radius 3 is 2.31 bits per heavy atom. The monoisotopic (exact) mass is 226 g/mol. The lowest BCUT2D eigenvalue weighted by atomic mass is 10.1. The maximum atomic E-state index is 3.63. The summed E-state index contributed by atoms with van der Waals surface area (Å²) in [7, 11) is 0. The fraction of sp³-hybridized carbons (Fsp3) is 1.00. The van der Waals surface area contributed by atoms with Gasteiger partial charge in [0.15, 0.2) is 0 Å². The molecule has 1 N–H and O–H groups in total. The molecule has 0 amide bonds. The molecule has 96 valence electrons. The second kappa shape index (κ2) is 7.29. The van der Waals surface area contributed by atoms with Gasteiger partial charge in [-0.1, -0.05) is 33.6 Å². The van der Waals surface area contributed by atoms with Crippen LogP contribution in [0.1, 0.15) is 53.4 Å². The van der Waals surface area contributed by atoms with Crippen molar-refractivity contribution >= 4 is 0 Å². The Hall–Kier alpha value is -0.0800. The average molecular weight is 226 g/mol. The van der Waals surface area contributed by atoms with E-state index in [1.165, 1.54) is 38.8 Å². The highest BCUT2D eigenvalue weighted by Crippen LogP contribution is 2.22. The summed E-state index contributed by atoms with van der Waals surface area (Å²) in [5.41, 5.74) is 0. The second-order valence-corrected chi connectivity index (χ2v) is 5.55. The fourth-order valence-electron chi connectivity index (χ4n) is 2.54. The third kappa shape index (κ3) is 4.42. The number of nitrogens with zero attached hydrogens (tertiary/aromatic N) is 1. The standard InChI is InChI=1S/C14H30N2/c1-5-16(14-8-6-7-9-14)11-10-15-13(4)12(2)3/h12-15H,5-11H2,1-4H3. The fourth-order valence-corrected chi connectivity index (χ4v) is 2.54. The molecule has 0 bridgehead atoms. The maximum absolute atomic E-state index is 3.63. The van der Waals surface area contributed by atoms with Crippen LogP contribution in [-0.2, 0) is 0 Å². The first-order valence-electron chi connectivity index (χ1n) is 7.12. The molecule has 2 nitrogen and oxygen atoms in total. The Balaban J connectivity index is 2.18. The normalized spacial score (nSPS) is 19.9. The molecule has 1 rings (SSSR count). The van der Waals surface area contributed by atoms with Gasteiger partial charge in [0.1, 0.15) is 0 Å². The summed E-state index contributed by atoms with van der Waals surface area (Å²) >= 11 is 0. The molecular formula is C14H30N2. The molecule has 2 heteroatoms. The molecule has 0 heterocycles. The van der Waals surface area contributed by atoms with Gasteiger partial charge < -0.3 is 5.32 Å². The van der Waals surface area contributed by atoms with E-state index in [-0.39, 0.29) is 0 Å². The predicted octanol–water partition coefficient (Wildman–Crippen LogP) is 2.89. The van der Waals surface area contributed by atoms with E-state index >= 15 is 0 Å². The van der Waals surface area contributed by atoms with E-state index in [4.69, 9.17) is 0 Å². The van der Waals surface area contributed by atoms with Gasteiger partial charge in [0, 0.05) is 25.2 Å². The first-order chi connectivity index (χ1) is 7.65. The van der Waals surface area contributed by atoms with Crippen molar-refractivity contribution in [3.05, 3.63) is 0 Å². The van der Waals surface area contributed by atoms with Crippen LogP contribution >= 0.6 is 0 Å². The molecule has 0 aromatic rings. The van der Waals surface area contributed by atoms with E-state index in [0.717, 1.165) is 18.5 Å². The number of hydrogen-bond acceptors (Lipinski definition) is 2. The Bertz CT molecular complexity index is 174. The molecule has 1 atom stereocenters. The largest absolute Gasteiger partial charge is 0.313 e. The van der Waals surface area contributed by atoms with Crippen molar-refractivity contribution in [2.75, 3.05) is 19.6 Å². The molecule has 16 heavy (non-hydrogen) atoms. The van der Waals surface area contributed by atoms with E-state index in [2.05, 4.69) is 37.9 Å². The second-order valence-electron chi connectivity index (χ2n) is 5.55. The molecule has 1 aliphatic carbocycles. The Labute approximate surface area is 102 Å². The van der Waals surface area contributed by atoms with Gasteiger partial charge in [0.2, 0.25) is 0 Å². The van der Waals surface area contributed by atoms with E-state index in [0.29, 0.717) is 6.04 Å². The smallest absolute Gasteiger partial charge is 0.0110 e. The van der Waals surface area contributed by atoms with Crippen LogP contribution in [0.15, 0.2) is 0 Å². The SMILES string of the molecule is CCN(CCNC(C)C(C)C)C1CCCC1. The number of nitrogens with one attached hydrogen (secondary N) is 1. The van der Waals surface area contributed by atoms with Crippen LogP contribution in [0.2, 0.25) is 0 Å². The zero-order valence-corrected chi connectivity index (χ0v) is 11.6. The van der Waals surface area contributed by atoms with Crippen molar-refractivity contribution in [1.82, 2.24) is 10.2 Å². The molecule has 0 aromatic carbocycles. The van der Waals surface area contributed by atoms with Crippen molar-refractivity contribution in [3.8, 4) is 0 Å². The molecular weight excluding hydrogens is 196 g/mol. The van der Waals surface area contributed by atoms with Crippen molar-refractivity contribution in [3.63, 3.8) is 0 Å². The summed E-state index contributed by atoms with van der Waals surface area (Å²) < 4.78 is 0. The molecule has 1 unspecified atom stereocenters. The highest BCUT2D eigenvalue weighted by atomic mass is 15.2. The van der Waals surface area contributed by atoms with Crippen LogP contribution in [0.25, 0.3) is 0 Å². The van der Waals surface area contributed by atoms with Crippen LogP contribution in [0, 0.1) is 5.92 Å². The lowest BCUT2D eigenvalue weighted by Gasteiger charge is -2.28. The quantitative estimate of drug-likeness (QED) is 0.718. The summed E-state index contributed by atoms with van der Waals surface area (Å²) in [4.78, 5) is 2.66. The number of likely N-dealkylation sites (N-methyl/N-ethyl adjacent to an activating group) is 1. The van der Waals surface area contributed by atoms with Crippen molar-refractivity contribution < 1.29 is 0 Å². The topological polar surface area (TPSA) is 15.3 Å². The summed E-state index contributed by atoms with van der Waals surface area (Å²) in [6, 6.07) is 1.52. The molecule has 0 radical (unpaired) electrons.